The van der Waals surface area contributed by atoms with Crippen molar-refractivity contribution in [1.29, 1.82) is 0 Å². The summed E-state index contributed by atoms with van der Waals surface area (Å²) >= 11 is 0. The number of benzene rings is 2. The van der Waals surface area contributed by atoms with E-state index in [1.54, 1.807) is 14.2 Å². The number of hydrogen-bond acceptors (Lipinski definition) is 8. The number of nitrogens with one attached hydrogen (secondary N) is 1. The molecular weight excluding hydrogens is 434 g/mol. The summed E-state index contributed by atoms with van der Waals surface area (Å²) in [5.74, 6) is 2.53. The van der Waals surface area contributed by atoms with Crippen molar-refractivity contribution in [3.63, 3.8) is 0 Å². The van der Waals surface area contributed by atoms with Crippen LogP contribution in [0.1, 0.15) is 24.4 Å². The molecule has 1 N–H and O–H groups in total. The first-order chi connectivity index (χ1) is 16.6. The highest BCUT2D eigenvalue weighted by molar-refractivity contribution is 5.78. The van der Waals surface area contributed by atoms with Gasteiger partial charge in [-0.2, -0.15) is 4.98 Å². The molecule has 0 spiro atoms. The summed E-state index contributed by atoms with van der Waals surface area (Å²) in [5, 5.41) is 7.12. The van der Waals surface area contributed by atoms with Crippen LogP contribution in [0.4, 0.5) is 0 Å². The maximum atomic E-state index is 12.5. The van der Waals surface area contributed by atoms with Crippen molar-refractivity contribution in [2.24, 2.45) is 0 Å². The molecule has 3 aromatic rings. The Morgan fingerprint density at radius 2 is 1.79 bits per heavy atom. The van der Waals surface area contributed by atoms with Crippen molar-refractivity contribution in [1.82, 2.24) is 25.3 Å². The van der Waals surface area contributed by atoms with Crippen molar-refractivity contribution >= 4 is 5.91 Å². The number of methoxy groups -OCH3 is 2. The van der Waals surface area contributed by atoms with E-state index in [0.29, 0.717) is 36.3 Å². The van der Waals surface area contributed by atoms with E-state index in [9.17, 15) is 4.79 Å². The quantitative estimate of drug-likeness (QED) is 0.516. The maximum Gasteiger partial charge on any atom is 0.244 e. The Morgan fingerprint density at radius 1 is 1.06 bits per heavy atom. The average Bonchev–Trinajstić information content (AvgIpc) is 3.38. The van der Waals surface area contributed by atoms with E-state index in [1.807, 2.05) is 48.5 Å². The third-order valence-corrected chi connectivity index (χ3v) is 6.09. The molecule has 1 saturated heterocycles. The number of carbonyl (C=O) groups is 1. The number of ether oxygens (including phenoxy) is 2. The van der Waals surface area contributed by atoms with Gasteiger partial charge in [-0.25, -0.2) is 0 Å². The van der Waals surface area contributed by atoms with Gasteiger partial charge in [-0.05, 0) is 24.6 Å². The zero-order valence-electron chi connectivity index (χ0n) is 19.9. The minimum absolute atomic E-state index is 0.000637. The highest BCUT2D eigenvalue weighted by atomic mass is 16.5. The zero-order chi connectivity index (χ0) is 23.9. The van der Waals surface area contributed by atoms with E-state index in [-0.39, 0.29) is 11.9 Å². The predicted octanol–water partition coefficient (Wildman–Crippen LogP) is 2.75. The summed E-state index contributed by atoms with van der Waals surface area (Å²) in [6.45, 7) is 6.14. The average molecular weight is 466 g/mol. The van der Waals surface area contributed by atoms with Crippen molar-refractivity contribution < 1.29 is 18.8 Å². The third-order valence-electron chi connectivity index (χ3n) is 6.09. The third kappa shape index (κ3) is 5.73. The molecule has 1 amide bonds. The van der Waals surface area contributed by atoms with Crippen LogP contribution in [0.25, 0.3) is 11.4 Å². The lowest BCUT2D eigenvalue weighted by Gasteiger charge is -2.36. The Bertz CT molecular complexity index is 1080. The second kappa shape index (κ2) is 11.1. The summed E-state index contributed by atoms with van der Waals surface area (Å²) in [6, 6.07) is 15.5. The number of carbonyl (C=O) groups excluding carboxylic acids is 1. The lowest BCUT2D eigenvalue weighted by Crippen LogP contribution is -2.49. The van der Waals surface area contributed by atoms with Gasteiger partial charge in [0.2, 0.25) is 17.6 Å². The number of hydrogen-bond donors (Lipinski definition) is 1. The second-order valence-electron chi connectivity index (χ2n) is 8.28. The van der Waals surface area contributed by atoms with Gasteiger partial charge in [-0.1, -0.05) is 41.6 Å². The zero-order valence-corrected chi connectivity index (χ0v) is 19.9. The molecule has 9 heteroatoms. The van der Waals surface area contributed by atoms with Crippen LogP contribution in [0.2, 0.25) is 0 Å². The summed E-state index contributed by atoms with van der Waals surface area (Å²) in [4.78, 5) is 21.5. The Balaban J connectivity index is 1.23. The normalized spacial score (nSPS) is 15.6. The first kappa shape index (κ1) is 23.7. The molecule has 180 valence electrons. The van der Waals surface area contributed by atoms with Gasteiger partial charge in [0.05, 0.1) is 26.8 Å². The smallest absolute Gasteiger partial charge is 0.244 e. The number of aromatic nitrogens is 2. The van der Waals surface area contributed by atoms with Crippen LogP contribution in [-0.4, -0.2) is 72.8 Å². The molecule has 1 aliphatic heterocycles. The second-order valence-corrected chi connectivity index (χ2v) is 8.28. The Hall–Kier alpha value is -3.43. The minimum atomic E-state index is 0.000637. The standard InChI is InChI=1S/C25H31N5O4/c1-18(25-27-24(28-34-25)20-7-5-4-6-8-20)30-13-11-29(12-14-30)17-23(31)26-16-19-9-10-21(32-2)22(15-19)33-3/h4-10,15,18H,11-14,16-17H2,1-3H3,(H,26,31). The molecular formula is C25H31N5O4. The lowest BCUT2D eigenvalue weighted by molar-refractivity contribution is -0.122. The number of amides is 1. The minimum Gasteiger partial charge on any atom is -0.493 e. The van der Waals surface area contributed by atoms with Crippen LogP contribution >= 0.6 is 0 Å². The first-order valence-corrected chi connectivity index (χ1v) is 11.4. The number of nitrogens with zero attached hydrogens (tertiary/aromatic N) is 4. The summed E-state index contributed by atoms with van der Waals surface area (Å²) < 4.78 is 16.1. The maximum absolute atomic E-state index is 12.5. The molecule has 0 aliphatic carbocycles. The van der Waals surface area contributed by atoms with Gasteiger partial charge in [-0.3, -0.25) is 14.6 Å². The van der Waals surface area contributed by atoms with Gasteiger partial charge in [0.1, 0.15) is 0 Å². The van der Waals surface area contributed by atoms with Gasteiger partial charge in [0.25, 0.3) is 0 Å². The fourth-order valence-electron chi connectivity index (χ4n) is 4.02. The van der Waals surface area contributed by atoms with E-state index in [1.165, 1.54) is 0 Å². The molecule has 0 bridgehead atoms. The fraction of sp³-hybridized carbons (Fsp3) is 0.400. The van der Waals surface area contributed by atoms with Crippen LogP contribution in [-0.2, 0) is 11.3 Å². The van der Waals surface area contributed by atoms with Crippen molar-refractivity contribution in [2.75, 3.05) is 46.9 Å². The fourth-order valence-corrected chi connectivity index (χ4v) is 4.02. The van der Waals surface area contributed by atoms with Crippen molar-refractivity contribution in [2.45, 2.75) is 19.5 Å². The molecule has 2 aromatic carbocycles. The highest BCUT2D eigenvalue weighted by Gasteiger charge is 2.26. The van der Waals surface area contributed by atoms with Gasteiger partial charge in [0, 0.05) is 38.3 Å². The van der Waals surface area contributed by atoms with Crippen LogP contribution in [0, 0.1) is 0 Å². The van der Waals surface area contributed by atoms with E-state index in [0.717, 1.165) is 37.3 Å². The molecule has 2 heterocycles. The van der Waals surface area contributed by atoms with Gasteiger partial charge >= 0.3 is 0 Å². The summed E-state index contributed by atoms with van der Waals surface area (Å²) in [6.07, 6.45) is 0. The first-order valence-electron chi connectivity index (χ1n) is 11.4. The molecule has 34 heavy (non-hydrogen) atoms. The van der Waals surface area contributed by atoms with E-state index in [4.69, 9.17) is 14.0 Å². The predicted molar refractivity (Wildman–Crippen MR) is 128 cm³/mol. The van der Waals surface area contributed by atoms with Crippen LogP contribution in [0.3, 0.4) is 0 Å². The van der Waals surface area contributed by atoms with E-state index in [2.05, 4.69) is 32.2 Å². The van der Waals surface area contributed by atoms with Crippen LogP contribution < -0.4 is 14.8 Å². The molecule has 0 saturated carbocycles. The SMILES string of the molecule is COc1ccc(CNC(=O)CN2CCN(C(C)c3nc(-c4ccccc4)no3)CC2)cc1OC. The van der Waals surface area contributed by atoms with E-state index >= 15 is 0 Å². The summed E-state index contributed by atoms with van der Waals surface area (Å²) in [5.41, 5.74) is 1.90. The number of rotatable bonds is 9. The molecule has 9 nitrogen and oxygen atoms in total. The van der Waals surface area contributed by atoms with Gasteiger partial charge in [-0.15, -0.1) is 0 Å². The van der Waals surface area contributed by atoms with Crippen LogP contribution in [0.15, 0.2) is 53.1 Å². The summed E-state index contributed by atoms with van der Waals surface area (Å²) in [7, 11) is 3.20. The topological polar surface area (TPSA) is 93.0 Å². The van der Waals surface area contributed by atoms with Gasteiger partial charge < -0.3 is 19.3 Å². The lowest BCUT2D eigenvalue weighted by atomic mass is 10.2. The highest BCUT2D eigenvalue weighted by Crippen LogP contribution is 2.27. The molecule has 0 radical (unpaired) electrons. The Morgan fingerprint density at radius 3 is 2.50 bits per heavy atom. The monoisotopic (exact) mass is 465 g/mol. The Labute approximate surface area is 199 Å². The molecule has 1 aromatic heterocycles. The molecule has 4 rings (SSSR count). The Kier molecular flexibility index (Phi) is 7.76. The van der Waals surface area contributed by atoms with Crippen molar-refractivity contribution in [3.8, 4) is 22.9 Å². The molecule has 1 aliphatic rings. The molecule has 1 fully saturated rings. The van der Waals surface area contributed by atoms with E-state index < -0.39 is 0 Å². The van der Waals surface area contributed by atoms with Crippen molar-refractivity contribution in [3.05, 3.63) is 60.0 Å². The molecule has 1 unspecified atom stereocenters. The van der Waals surface area contributed by atoms with Crippen LogP contribution in [0.5, 0.6) is 11.5 Å². The van der Waals surface area contributed by atoms with Gasteiger partial charge in [0.15, 0.2) is 11.5 Å². The number of piperazine rings is 1. The molecule has 1 atom stereocenters. The largest absolute Gasteiger partial charge is 0.493 e.